The van der Waals surface area contributed by atoms with E-state index in [4.69, 9.17) is 22.1 Å². The van der Waals surface area contributed by atoms with Gasteiger partial charge in [0.25, 0.3) is 0 Å². The van der Waals surface area contributed by atoms with Crippen molar-refractivity contribution in [2.75, 3.05) is 19.6 Å². The average Bonchev–Trinajstić information content (AvgIpc) is 2.72. The van der Waals surface area contributed by atoms with Gasteiger partial charge in [0, 0.05) is 30.1 Å². The quantitative estimate of drug-likeness (QED) is 0.527. The minimum atomic E-state index is -0.124. The summed E-state index contributed by atoms with van der Waals surface area (Å²) < 4.78 is 6.39. The highest BCUT2D eigenvalue weighted by Crippen LogP contribution is 2.40. The number of piperidine rings is 1. The summed E-state index contributed by atoms with van der Waals surface area (Å²) in [4.78, 5) is 2.47. The summed E-state index contributed by atoms with van der Waals surface area (Å²) in [6, 6.07) is 12.1. The Kier molecular flexibility index (Phi) is 9.65. The second-order valence-corrected chi connectivity index (χ2v) is 8.51. The molecule has 2 aliphatic heterocycles. The zero-order valence-corrected chi connectivity index (χ0v) is 21.4. The summed E-state index contributed by atoms with van der Waals surface area (Å²) in [6.45, 7) is 5.36. The van der Waals surface area contributed by atoms with Gasteiger partial charge in [0.15, 0.2) is 0 Å². The van der Waals surface area contributed by atoms with Crippen molar-refractivity contribution >= 4 is 45.6 Å². The Balaban J connectivity index is 0.00000160. The van der Waals surface area contributed by atoms with Crippen LogP contribution in [0, 0.1) is 12.8 Å². The molecular formula is C23H31Br2ClN2O2. The first-order chi connectivity index (χ1) is 13.6. The zero-order chi connectivity index (χ0) is 19.7. The van der Waals surface area contributed by atoms with Crippen LogP contribution in [0.4, 0.5) is 0 Å². The van der Waals surface area contributed by atoms with Crippen LogP contribution in [-0.2, 0) is 17.7 Å². The standard InChI is InChI=1S/C23H29ClN2O2.2BrH/c1-15-6-7-18-19(23(15)27)12-21(28-22(18)13-25)16-8-10-26(11-9-16)14-17-4-2-3-5-20(17)24;;/h2-7,16,21-22,27H,8-14,25H2,1H3;2*1H/t21-,22-;;/m0../s1. The van der Waals surface area contributed by atoms with Crippen molar-refractivity contribution in [3.8, 4) is 5.75 Å². The number of likely N-dealkylation sites (tertiary alicyclic amines) is 1. The second kappa shape index (κ2) is 11.3. The molecule has 2 aliphatic rings. The van der Waals surface area contributed by atoms with E-state index in [-0.39, 0.29) is 46.2 Å². The fourth-order valence-corrected chi connectivity index (χ4v) is 4.82. The molecule has 1 fully saturated rings. The molecule has 2 atom stereocenters. The Hall–Kier alpha value is -0.630. The van der Waals surface area contributed by atoms with Gasteiger partial charge in [-0.25, -0.2) is 0 Å². The first kappa shape index (κ1) is 25.6. The molecule has 166 valence electrons. The number of ether oxygens (including phenoxy) is 1. The lowest BCUT2D eigenvalue weighted by molar-refractivity contribution is -0.0651. The summed E-state index contributed by atoms with van der Waals surface area (Å²) in [5.74, 6) is 0.907. The fraction of sp³-hybridized carbons (Fsp3) is 0.478. The molecule has 1 saturated heterocycles. The Morgan fingerprint density at radius 3 is 2.50 bits per heavy atom. The number of nitrogens with zero attached hydrogens (tertiary/aromatic N) is 1. The van der Waals surface area contributed by atoms with Crippen LogP contribution in [0.25, 0.3) is 0 Å². The summed E-state index contributed by atoms with van der Waals surface area (Å²) in [6.07, 6.45) is 2.95. The molecule has 2 heterocycles. The molecule has 0 unspecified atom stereocenters. The van der Waals surface area contributed by atoms with E-state index in [0.717, 1.165) is 60.6 Å². The molecule has 7 heteroatoms. The van der Waals surface area contributed by atoms with E-state index in [1.807, 2.05) is 31.2 Å². The molecule has 30 heavy (non-hydrogen) atoms. The summed E-state index contributed by atoms with van der Waals surface area (Å²) in [5, 5.41) is 11.4. The molecule has 0 saturated carbocycles. The minimum absolute atomic E-state index is 0. The van der Waals surface area contributed by atoms with Crippen LogP contribution in [0.2, 0.25) is 5.02 Å². The third-order valence-corrected chi connectivity index (χ3v) is 6.70. The predicted molar refractivity (Wildman–Crippen MR) is 133 cm³/mol. The molecular weight excluding hydrogens is 532 g/mol. The van der Waals surface area contributed by atoms with Crippen LogP contribution in [0.3, 0.4) is 0 Å². The van der Waals surface area contributed by atoms with Crippen molar-refractivity contribution in [3.05, 3.63) is 63.7 Å². The third-order valence-electron chi connectivity index (χ3n) is 6.34. The normalized spacial score (nSPS) is 22.0. The molecule has 4 nitrogen and oxygen atoms in total. The van der Waals surface area contributed by atoms with Crippen LogP contribution < -0.4 is 5.73 Å². The van der Waals surface area contributed by atoms with E-state index < -0.39 is 0 Å². The SMILES string of the molecule is Br.Br.Cc1ccc2c(c1O)C[C@@H](C1CCN(Cc3ccccc3Cl)CC1)O[C@H]2CN. The zero-order valence-electron chi connectivity index (χ0n) is 17.2. The van der Waals surface area contributed by atoms with E-state index >= 15 is 0 Å². The topological polar surface area (TPSA) is 58.7 Å². The van der Waals surface area contributed by atoms with Crippen molar-refractivity contribution in [1.82, 2.24) is 4.90 Å². The molecule has 3 N–H and O–H groups in total. The summed E-state index contributed by atoms with van der Waals surface area (Å²) in [7, 11) is 0. The van der Waals surface area contributed by atoms with E-state index in [2.05, 4.69) is 17.0 Å². The molecule has 0 bridgehead atoms. The van der Waals surface area contributed by atoms with Crippen LogP contribution in [0.1, 0.15) is 41.2 Å². The highest BCUT2D eigenvalue weighted by molar-refractivity contribution is 8.93. The average molecular weight is 563 g/mol. The molecule has 0 aromatic heterocycles. The van der Waals surface area contributed by atoms with Gasteiger partial charge in [-0.2, -0.15) is 0 Å². The van der Waals surface area contributed by atoms with Crippen molar-refractivity contribution in [3.63, 3.8) is 0 Å². The first-order valence-corrected chi connectivity index (χ1v) is 10.6. The first-order valence-electron chi connectivity index (χ1n) is 10.2. The van der Waals surface area contributed by atoms with Gasteiger partial charge in [-0.1, -0.05) is 41.9 Å². The number of hydrogen-bond acceptors (Lipinski definition) is 4. The number of rotatable bonds is 4. The lowest BCUT2D eigenvalue weighted by atomic mass is 9.83. The molecule has 0 spiro atoms. The monoisotopic (exact) mass is 560 g/mol. The lowest BCUT2D eigenvalue weighted by Gasteiger charge is -2.40. The number of fused-ring (bicyclic) bond motifs is 1. The van der Waals surface area contributed by atoms with Crippen molar-refractivity contribution in [2.24, 2.45) is 11.7 Å². The maximum Gasteiger partial charge on any atom is 0.122 e. The number of halogens is 3. The number of benzene rings is 2. The van der Waals surface area contributed by atoms with E-state index in [1.54, 1.807) is 0 Å². The van der Waals surface area contributed by atoms with Gasteiger partial charge in [0.1, 0.15) is 5.75 Å². The summed E-state index contributed by atoms with van der Waals surface area (Å²) >= 11 is 6.32. The smallest absolute Gasteiger partial charge is 0.122 e. The highest BCUT2D eigenvalue weighted by atomic mass is 79.9. The maximum atomic E-state index is 10.6. The van der Waals surface area contributed by atoms with Gasteiger partial charge >= 0.3 is 0 Å². The minimum Gasteiger partial charge on any atom is -0.507 e. The number of hydrogen-bond donors (Lipinski definition) is 2. The van der Waals surface area contributed by atoms with Gasteiger partial charge in [-0.05, 0) is 61.5 Å². The molecule has 0 aliphatic carbocycles. The molecule has 2 aromatic rings. The number of nitrogens with two attached hydrogens (primary N) is 1. The summed E-state index contributed by atoms with van der Waals surface area (Å²) in [5.41, 5.74) is 10.2. The van der Waals surface area contributed by atoms with Crippen LogP contribution in [-0.4, -0.2) is 35.7 Å². The Labute approximate surface area is 205 Å². The number of aromatic hydroxyl groups is 1. The van der Waals surface area contributed by atoms with Crippen LogP contribution in [0.5, 0.6) is 5.75 Å². The predicted octanol–water partition coefficient (Wildman–Crippen LogP) is 5.36. The molecule has 0 amide bonds. The maximum absolute atomic E-state index is 10.6. The highest BCUT2D eigenvalue weighted by Gasteiger charge is 2.35. The van der Waals surface area contributed by atoms with Crippen molar-refractivity contribution in [1.29, 1.82) is 0 Å². The third kappa shape index (κ3) is 5.40. The van der Waals surface area contributed by atoms with E-state index in [9.17, 15) is 5.11 Å². The molecule has 2 aromatic carbocycles. The molecule has 4 rings (SSSR count). The largest absolute Gasteiger partial charge is 0.507 e. The van der Waals surface area contributed by atoms with Gasteiger partial charge in [-0.3, -0.25) is 4.90 Å². The lowest BCUT2D eigenvalue weighted by Crippen LogP contribution is -2.42. The molecule has 0 radical (unpaired) electrons. The van der Waals surface area contributed by atoms with Gasteiger partial charge in [0.05, 0.1) is 12.2 Å². The van der Waals surface area contributed by atoms with Crippen molar-refractivity contribution < 1.29 is 9.84 Å². The fourth-order valence-electron chi connectivity index (χ4n) is 4.63. The van der Waals surface area contributed by atoms with Gasteiger partial charge in [0.2, 0.25) is 0 Å². The van der Waals surface area contributed by atoms with Crippen molar-refractivity contribution in [2.45, 2.75) is 44.9 Å². The van der Waals surface area contributed by atoms with Crippen LogP contribution >= 0.6 is 45.6 Å². The Morgan fingerprint density at radius 1 is 1.13 bits per heavy atom. The number of aryl methyl sites for hydroxylation is 1. The van der Waals surface area contributed by atoms with E-state index in [1.165, 1.54) is 5.56 Å². The number of phenolic OH excluding ortho intramolecular Hbond substituents is 1. The second-order valence-electron chi connectivity index (χ2n) is 8.11. The van der Waals surface area contributed by atoms with Gasteiger partial charge < -0.3 is 15.6 Å². The Bertz CT molecular complexity index is 844. The van der Waals surface area contributed by atoms with Crippen LogP contribution in [0.15, 0.2) is 36.4 Å². The van der Waals surface area contributed by atoms with Gasteiger partial charge in [-0.15, -0.1) is 34.0 Å². The number of phenols is 1. The van der Waals surface area contributed by atoms with E-state index in [0.29, 0.717) is 18.2 Å². The Morgan fingerprint density at radius 2 is 1.83 bits per heavy atom.